The lowest BCUT2D eigenvalue weighted by molar-refractivity contribution is 0.558. The summed E-state index contributed by atoms with van der Waals surface area (Å²) in [6.45, 7) is 3.40. The number of aliphatic imine (C=N–C) groups is 1. The Morgan fingerprint density at radius 2 is 1.04 bits per heavy atom. The first kappa shape index (κ1) is 22.7. The van der Waals surface area contributed by atoms with Gasteiger partial charge in [0.25, 0.3) is 0 Å². The van der Waals surface area contributed by atoms with Gasteiger partial charge in [-0.2, -0.15) is 0 Å². The van der Waals surface area contributed by atoms with Crippen LogP contribution in [-0.4, -0.2) is 12.3 Å². The number of unbranched alkanes of at least 4 members (excludes halogenated alkanes) is 9. The number of hydrogen-bond donors (Lipinski definition) is 0. The summed E-state index contributed by atoms with van der Waals surface area (Å²) < 4.78 is 0. The van der Waals surface area contributed by atoms with Crippen LogP contribution in [-0.2, 0) is 0 Å². The predicted octanol–water partition coefficient (Wildman–Crippen LogP) is 8.65. The van der Waals surface area contributed by atoms with E-state index in [-0.39, 0.29) is 0 Å². The summed E-state index contributed by atoms with van der Waals surface area (Å²) in [4.78, 5) is 4.98. The molecule has 1 aliphatic rings. The molecule has 0 saturated carbocycles. The van der Waals surface area contributed by atoms with Crippen LogP contribution in [0.2, 0.25) is 0 Å². The normalized spacial score (nSPS) is 18.0. The summed E-state index contributed by atoms with van der Waals surface area (Å²) in [5, 5.41) is 0. The highest BCUT2D eigenvalue weighted by atomic mass is 14.7. The zero-order valence-corrected chi connectivity index (χ0v) is 17.5. The van der Waals surface area contributed by atoms with Gasteiger partial charge < -0.3 is 0 Å². The third kappa shape index (κ3) is 15.6. The zero-order chi connectivity index (χ0) is 17.8. The number of nitrogens with zero attached hydrogens (tertiary/aromatic N) is 1. The van der Waals surface area contributed by atoms with Gasteiger partial charge in [-0.25, -0.2) is 0 Å². The van der Waals surface area contributed by atoms with Gasteiger partial charge in [-0.05, 0) is 32.1 Å². The molecule has 0 spiro atoms. The lowest BCUT2D eigenvalue weighted by Gasteiger charge is -2.07. The Morgan fingerprint density at radius 1 is 0.560 bits per heavy atom. The first-order valence-corrected chi connectivity index (χ1v) is 12.0. The molecule has 0 amide bonds. The fourth-order valence-electron chi connectivity index (χ4n) is 4.02. The van der Waals surface area contributed by atoms with E-state index >= 15 is 0 Å². The van der Waals surface area contributed by atoms with E-state index in [1.54, 1.807) is 5.71 Å². The summed E-state index contributed by atoms with van der Waals surface area (Å²) in [6.07, 6.45) is 29.7. The molecule has 1 heterocycles. The van der Waals surface area contributed by atoms with Gasteiger partial charge in [0.1, 0.15) is 0 Å². The minimum Gasteiger partial charge on any atom is -0.294 e. The van der Waals surface area contributed by atoms with Crippen molar-refractivity contribution in [2.24, 2.45) is 4.99 Å². The average molecular weight is 350 g/mol. The van der Waals surface area contributed by atoms with Crippen LogP contribution in [0.4, 0.5) is 0 Å². The zero-order valence-electron chi connectivity index (χ0n) is 17.5. The van der Waals surface area contributed by atoms with E-state index in [4.69, 9.17) is 4.99 Å². The summed E-state index contributed by atoms with van der Waals surface area (Å²) in [6, 6.07) is 0. The molecule has 0 aliphatic carbocycles. The second-order valence-electron chi connectivity index (χ2n) is 8.31. The van der Waals surface area contributed by atoms with Gasteiger partial charge in [-0.3, -0.25) is 4.99 Å². The summed E-state index contributed by atoms with van der Waals surface area (Å²) in [5.41, 5.74) is 1.55. The van der Waals surface area contributed by atoms with E-state index in [0.29, 0.717) is 0 Å². The number of rotatable bonds is 11. The monoisotopic (exact) mass is 349 g/mol. The van der Waals surface area contributed by atoms with Gasteiger partial charge in [-0.15, -0.1) is 0 Å². The molecule has 0 saturated heterocycles. The summed E-state index contributed by atoms with van der Waals surface area (Å²) >= 11 is 0. The first-order valence-electron chi connectivity index (χ1n) is 12.0. The second kappa shape index (κ2) is 18.5. The van der Waals surface area contributed by atoms with Crippen molar-refractivity contribution in [2.75, 3.05) is 6.54 Å². The average Bonchev–Trinajstić information content (AvgIpc) is 2.65. The van der Waals surface area contributed by atoms with E-state index in [9.17, 15) is 0 Å². The first-order chi connectivity index (χ1) is 12.4. The Kier molecular flexibility index (Phi) is 16.8. The largest absolute Gasteiger partial charge is 0.294 e. The highest BCUT2D eigenvalue weighted by molar-refractivity contribution is 5.84. The molecule has 1 nitrogen and oxygen atoms in total. The van der Waals surface area contributed by atoms with Crippen molar-refractivity contribution in [1.29, 1.82) is 0 Å². The highest BCUT2D eigenvalue weighted by Crippen LogP contribution is 2.15. The molecule has 0 fully saturated rings. The Labute approximate surface area is 159 Å². The quantitative estimate of drug-likeness (QED) is 0.331. The van der Waals surface area contributed by atoms with Crippen molar-refractivity contribution >= 4 is 5.71 Å². The van der Waals surface area contributed by atoms with Crippen LogP contribution < -0.4 is 0 Å². The molecule has 0 bridgehead atoms. The van der Waals surface area contributed by atoms with Crippen LogP contribution in [0.3, 0.4) is 0 Å². The van der Waals surface area contributed by atoms with Crippen molar-refractivity contribution in [1.82, 2.24) is 0 Å². The molecule has 0 N–H and O–H groups in total. The lowest BCUT2D eigenvalue weighted by atomic mass is 10.0. The Bertz CT molecular complexity index is 294. The van der Waals surface area contributed by atoms with Gasteiger partial charge in [0.2, 0.25) is 0 Å². The van der Waals surface area contributed by atoms with E-state index in [2.05, 4.69) is 6.92 Å². The van der Waals surface area contributed by atoms with Crippen LogP contribution in [0, 0.1) is 0 Å². The van der Waals surface area contributed by atoms with E-state index in [0.717, 1.165) is 6.54 Å². The van der Waals surface area contributed by atoms with Crippen molar-refractivity contribution in [3.63, 3.8) is 0 Å². The molecule has 1 heteroatoms. The van der Waals surface area contributed by atoms with E-state index in [1.165, 1.54) is 135 Å². The van der Waals surface area contributed by atoms with Crippen LogP contribution in [0.25, 0.3) is 0 Å². The maximum atomic E-state index is 4.98. The third-order valence-electron chi connectivity index (χ3n) is 5.78. The summed E-state index contributed by atoms with van der Waals surface area (Å²) in [7, 11) is 0. The van der Waals surface area contributed by atoms with Gasteiger partial charge in [-0.1, -0.05) is 110 Å². The Morgan fingerprint density at radius 3 is 1.64 bits per heavy atom. The second-order valence-corrected chi connectivity index (χ2v) is 8.31. The fraction of sp³-hybridized carbons (Fsp3) is 0.958. The minimum atomic E-state index is 1.10. The molecule has 0 unspecified atom stereocenters. The van der Waals surface area contributed by atoms with Crippen molar-refractivity contribution in [2.45, 2.75) is 142 Å². The lowest BCUT2D eigenvalue weighted by Crippen LogP contribution is -2.01. The third-order valence-corrected chi connectivity index (χ3v) is 5.78. The van der Waals surface area contributed by atoms with Crippen LogP contribution in [0.15, 0.2) is 4.99 Å². The minimum absolute atomic E-state index is 1.10. The standard InChI is InChI=1S/C24H47N/c1-2-3-4-5-6-7-9-12-15-18-21-24-22-19-16-13-10-8-11-14-17-20-23-25-24/h2-23H2,1H3. The summed E-state index contributed by atoms with van der Waals surface area (Å²) in [5.74, 6) is 0. The topological polar surface area (TPSA) is 12.4 Å². The fourth-order valence-corrected chi connectivity index (χ4v) is 4.02. The van der Waals surface area contributed by atoms with Crippen molar-refractivity contribution in [3.05, 3.63) is 0 Å². The Hall–Kier alpha value is -0.330. The van der Waals surface area contributed by atoms with Crippen LogP contribution in [0.1, 0.15) is 142 Å². The predicted molar refractivity (Wildman–Crippen MR) is 115 cm³/mol. The van der Waals surface area contributed by atoms with Crippen LogP contribution in [0.5, 0.6) is 0 Å². The van der Waals surface area contributed by atoms with Crippen molar-refractivity contribution in [3.8, 4) is 0 Å². The SMILES string of the molecule is CCCCCCCCCCCCC1=NCCCCCCCCCCC1. The molecule has 25 heavy (non-hydrogen) atoms. The molecule has 0 aromatic heterocycles. The maximum Gasteiger partial charge on any atom is 0.0388 e. The van der Waals surface area contributed by atoms with E-state index < -0.39 is 0 Å². The smallest absolute Gasteiger partial charge is 0.0388 e. The van der Waals surface area contributed by atoms with Crippen molar-refractivity contribution < 1.29 is 0 Å². The number of hydrogen-bond acceptors (Lipinski definition) is 1. The molecule has 148 valence electrons. The molecule has 0 radical (unpaired) electrons. The highest BCUT2D eigenvalue weighted by Gasteiger charge is 2.02. The van der Waals surface area contributed by atoms with Gasteiger partial charge >= 0.3 is 0 Å². The molecule has 1 aliphatic heterocycles. The molecular weight excluding hydrogens is 302 g/mol. The van der Waals surface area contributed by atoms with E-state index in [1.807, 2.05) is 0 Å². The molecule has 0 aromatic rings. The van der Waals surface area contributed by atoms with Gasteiger partial charge in [0, 0.05) is 12.3 Å². The van der Waals surface area contributed by atoms with Crippen LogP contribution >= 0.6 is 0 Å². The molecule has 0 atom stereocenters. The Balaban J connectivity index is 2.04. The molecule has 1 rings (SSSR count). The van der Waals surface area contributed by atoms with Gasteiger partial charge in [0.05, 0.1) is 0 Å². The molecular formula is C24H47N. The maximum absolute atomic E-state index is 4.98. The molecule has 0 aromatic carbocycles. The van der Waals surface area contributed by atoms with Gasteiger partial charge in [0.15, 0.2) is 0 Å².